The van der Waals surface area contributed by atoms with Crippen LogP contribution in [0.1, 0.15) is 24.4 Å². The molecule has 2 rings (SSSR count). The van der Waals surface area contributed by atoms with E-state index in [4.69, 9.17) is 9.47 Å². The normalized spacial score (nSPS) is 19.8. The van der Waals surface area contributed by atoms with Crippen molar-refractivity contribution in [1.82, 2.24) is 4.90 Å². The Morgan fingerprint density at radius 2 is 2.06 bits per heavy atom. The van der Waals surface area contributed by atoms with Gasteiger partial charge in [0, 0.05) is 6.04 Å². The lowest BCUT2D eigenvalue weighted by Crippen LogP contribution is -2.30. The molecule has 0 aliphatic carbocycles. The van der Waals surface area contributed by atoms with Crippen molar-refractivity contribution in [2.75, 3.05) is 27.3 Å². The van der Waals surface area contributed by atoms with E-state index >= 15 is 0 Å². The highest BCUT2D eigenvalue weighted by Gasteiger charge is 2.27. The van der Waals surface area contributed by atoms with Gasteiger partial charge < -0.3 is 9.47 Å². The van der Waals surface area contributed by atoms with Gasteiger partial charge in [0.15, 0.2) is 0 Å². The molecule has 98 valence electrons. The number of esters is 1. The Balaban J connectivity index is 2.07. The lowest BCUT2D eigenvalue weighted by atomic mass is 10.0. The maximum absolute atomic E-state index is 11.4. The average Bonchev–Trinajstić information content (AvgIpc) is 2.86. The molecule has 1 aliphatic heterocycles. The standard InChI is InChI=1S/C14H19NO3/c1-17-12-7-5-11(6-8-12)13-4-3-9-15(13)10-14(16)18-2/h5-8,13H,3-4,9-10H2,1-2H3. The molecule has 1 unspecified atom stereocenters. The van der Waals surface area contributed by atoms with E-state index in [9.17, 15) is 4.79 Å². The van der Waals surface area contributed by atoms with Crippen LogP contribution < -0.4 is 4.74 Å². The molecule has 0 saturated carbocycles. The van der Waals surface area contributed by atoms with Crippen LogP contribution in [0.5, 0.6) is 5.75 Å². The zero-order chi connectivity index (χ0) is 13.0. The number of carbonyl (C=O) groups excluding carboxylic acids is 1. The summed E-state index contributed by atoms with van der Waals surface area (Å²) in [5, 5.41) is 0. The number of rotatable bonds is 4. The SMILES string of the molecule is COC(=O)CN1CCCC1c1ccc(OC)cc1. The van der Waals surface area contributed by atoms with Gasteiger partial charge in [-0.15, -0.1) is 0 Å². The highest BCUT2D eigenvalue weighted by Crippen LogP contribution is 2.32. The first kappa shape index (κ1) is 12.9. The third-order valence-electron chi connectivity index (χ3n) is 3.42. The van der Waals surface area contributed by atoms with Crippen molar-refractivity contribution in [2.45, 2.75) is 18.9 Å². The molecular formula is C14H19NO3. The molecule has 0 spiro atoms. The average molecular weight is 249 g/mol. The molecule has 0 amide bonds. The van der Waals surface area contributed by atoms with Crippen molar-refractivity contribution < 1.29 is 14.3 Å². The van der Waals surface area contributed by atoms with Crippen molar-refractivity contribution in [1.29, 1.82) is 0 Å². The minimum absolute atomic E-state index is 0.171. The molecular weight excluding hydrogens is 230 g/mol. The minimum Gasteiger partial charge on any atom is -0.497 e. The summed E-state index contributed by atoms with van der Waals surface area (Å²) >= 11 is 0. The van der Waals surface area contributed by atoms with E-state index < -0.39 is 0 Å². The fraction of sp³-hybridized carbons (Fsp3) is 0.500. The smallest absolute Gasteiger partial charge is 0.319 e. The number of hydrogen-bond acceptors (Lipinski definition) is 4. The lowest BCUT2D eigenvalue weighted by Gasteiger charge is -2.23. The van der Waals surface area contributed by atoms with Crippen LogP contribution in [-0.2, 0) is 9.53 Å². The number of hydrogen-bond donors (Lipinski definition) is 0. The van der Waals surface area contributed by atoms with Crippen LogP contribution in [0.4, 0.5) is 0 Å². The van der Waals surface area contributed by atoms with Gasteiger partial charge in [0.2, 0.25) is 0 Å². The van der Waals surface area contributed by atoms with Crippen LogP contribution in [0.2, 0.25) is 0 Å². The van der Waals surface area contributed by atoms with E-state index in [1.54, 1.807) is 7.11 Å². The first-order valence-corrected chi connectivity index (χ1v) is 6.19. The lowest BCUT2D eigenvalue weighted by molar-refractivity contribution is -0.142. The Bertz CT molecular complexity index is 402. The number of methoxy groups -OCH3 is 2. The van der Waals surface area contributed by atoms with Crippen LogP contribution >= 0.6 is 0 Å². The first-order chi connectivity index (χ1) is 8.74. The Morgan fingerprint density at radius 3 is 2.67 bits per heavy atom. The van der Waals surface area contributed by atoms with Gasteiger partial charge in [-0.3, -0.25) is 9.69 Å². The molecule has 1 aliphatic rings. The summed E-state index contributed by atoms with van der Waals surface area (Å²) < 4.78 is 9.89. The van der Waals surface area contributed by atoms with Gasteiger partial charge in [-0.25, -0.2) is 0 Å². The maximum atomic E-state index is 11.4. The van der Waals surface area contributed by atoms with E-state index in [0.29, 0.717) is 12.6 Å². The second-order valence-corrected chi connectivity index (χ2v) is 4.48. The van der Waals surface area contributed by atoms with Crippen LogP contribution in [0, 0.1) is 0 Å². The molecule has 1 heterocycles. The van der Waals surface area contributed by atoms with Crippen LogP contribution in [0.25, 0.3) is 0 Å². The van der Waals surface area contributed by atoms with Crippen molar-refractivity contribution in [2.24, 2.45) is 0 Å². The topological polar surface area (TPSA) is 38.8 Å². The molecule has 0 N–H and O–H groups in total. The first-order valence-electron chi connectivity index (χ1n) is 6.19. The van der Waals surface area contributed by atoms with E-state index in [2.05, 4.69) is 17.0 Å². The summed E-state index contributed by atoms with van der Waals surface area (Å²) in [6.07, 6.45) is 2.21. The molecule has 0 radical (unpaired) electrons. The number of carbonyl (C=O) groups is 1. The molecule has 1 aromatic rings. The molecule has 0 bridgehead atoms. The largest absolute Gasteiger partial charge is 0.497 e. The van der Waals surface area contributed by atoms with Gasteiger partial charge in [-0.2, -0.15) is 0 Å². The monoisotopic (exact) mass is 249 g/mol. The Kier molecular flexibility index (Phi) is 4.20. The quantitative estimate of drug-likeness (QED) is 0.765. The molecule has 1 aromatic carbocycles. The number of likely N-dealkylation sites (tertiary alicyclic amines) is 1. The van der Waals surface area contributed by atoms with E-state index in [-0.39, 0.29) is 5.97 Å². The molecule has 0 aromatic heterocycles. The van der Waals surface area contributed by atoms with E-state index in [0.717, 1.165) is 25.1 Å². The Hall–Kier alpha value is -1.55. The summed E-state index contributed by atoms with van der Waals surface area (Å²) in [7, 11) is 3.09. The highest BCUT2D eigenvalue weighted by molar-refractivity contribution is 5.71. The van der Waals surface area contributed by atoms with Crippen molar-refractivity contribution >= 4 is 5.97 Å². The third-order valence-corrected chi connectivity index (χ3v) is 3.42. The molecule has 4 heteroatoms. The van der Waals surface area contributed by atoms with Crippen LogP contribution in [0.15, 0.2) is 24.3 Å². The Labute approximate surface area is 107 Å². The minimum atomic E-state index is -0.171. The van der Waals surface area contributed by atoms with Gasteiger partial charge in [0.25, 0.3) is 0 Å². The van der Waals surface area contributed by atoms with Gasteiger partial charge in [0.1, 0.15) is 5.75 Å². The Morgan fingerprint density at radius 1 is 1.33 bits per heavy atom. The molecule has 1 saturated heterocycles. The molecule has 1 fully saturated rings. The predicted octanol–water partition coefficient (Wildman–Crippen LogP) is 2.01. The van der Waals surface area contributed by atoms with Gasteiger partial charge in [-0.1, -0.05) is 12.1 Å². The highest BCUT2D eigenvalue weighted by atomic mass is 16.5. The summed E-state index contributed by atoms with van der Waals surface area (Å²) in [6, 6.07) is 8.38. The van der Waals surface area contributed by atoms with Gasteiger partial charge in [-0.05, 0) is 37.1 Å². The van der Waals surface area contributed by atoms with Gasteiger partial charge in [0.05, 0.1) is 20.8 Å². The van der Waals surface area contributed by atoms with Crippen molar-refractivity contribution in [3.63, 3.8) is 0 Å². The number of benzene rings is 1. The summed E-state index contributed by atoms with van der Waals surface area (Å²) in [5.74, 6) is 0.687. The second kappa shape index (κ2) is 5.87. The van der Waals surface area contributed by atoms with Crippen molar-refractivity contribution in [3.05, 3.63) is 29.8 Å². The second-order valence-electron chi connectivity index (χ2n) is 4.48. The molecule has 18 heavy (non-hydrogen) atoms. The summed E-state index contributed by atoms with van der Waals surface area (Å²) in [6.45, 7) is 1.32. The number of nitrogens with zero attached hydrogens (tertiary/aromatic N) is 1. The molecule has 4 nitrogen and oxygen atoms in total. The van der Waals surface area contributed by atoms with E-state index in [1.165, 1.54) is 12.7 Å². The maximum Gasteiger partial charge on any atom is 0.319 e. The van der Waals surface area contributed by atoms with Gasteiger partial charge >= 0.3 is 5.97 Å². The predicted molar refractivity (Wildman–Crippen MR) is 68.6 cm³/mol. The number of ether oxygens (including phenoxy) is 2. The molecule has 1 atom stereocenters. The third kappa shape index (κ3) is 2.82. The summed E-state index contributed by atoms with van der Waals surface area (Å²) in [4.78, 5) is 13.5. The fourth-order valence-corrected chi connectivity index (χ4v) is 2.45. The fourth-order valence-electron chi connectivity index (χ4n) is 2.45. The van der Waals surface area contributed by atoms with Crippen molar-refractivity contribution in [3.8, 4) is 5.75 Å². The van der Waals surface area contributed by atoms with Crippen LogP contribution in [-0.4, -0.2) is 38.2 Å². The van der Waals surface area contributed by atoms with Crippen LogP contribution in [0.3, 0.4) is 0 Å². The zero-order valence-corrected chi connectivity index (χ0v) is 10.9. The van der Waals surface area contributed by atoms with E-state index in [1.807, 2.05) is 12.1 Å². The zero-order valence-electron chi connectivity index (χ0n) is 10.9. The summed E-state index contributed by atoms with van der Waals surface area (Å²) in [5.41, 5.74) is 1.23.